The number of anilines is 1. The smallest absolute Gasteiger partial charge is 0.240 e. The quantitative estimate of drug-likeness (QED) is 0.503. The van der Waals surface area contributed by atoms with Crippen LogP contribution in [0.1, 0.15) is 30.9 Å². The number of carbonyl (C=O) groups excluding carboxylic acids is 2. The number of rotatable bonds is 8. The SMILES string of the molecule is COc1ccc(C(C)=NNC(=O)CCC(=O)Nc2cccc(Cl)c2C)c(OC)c1. The second kappa shape index (κ2) is 10.5. The van der Waals surface area contributed by atoms with Gasteiger partial charge in [0.2, 0.25) is 11.8 Å². The molecular formula is C21H24ClN3O4. The monoisotopic (exact) mass is 417 g/mol. The number of halogens is 1. The Morgan fingerprint density at radius 1 is 1.07 bits per heavy atom. The third kappa shape index (κ3) is 6.22. The minimum absolute atomic E-state index is 0.00196. The van der Waals surface area contributed by atoms with Gasteiger partial charge in [0.05, 0.1) is 19.9 Å². The molecule has 0 aromatic heterocycles. The van der Waals surface area contributed by atoms with Crippen LogP contribution in [0.3, 0.4) is 0 Å². The van der Waals surface area contributed by atoms with Crippen molar-refractivity contribution >= 4 is 34.8 Å². The summed E-state index contributed by atoms with van der Waals surface area (Å²) in [6.45, 7) is 3.56. The van der Waals surface area contributed by atoms with E-state index in [2.05, 4.69) is 15.8 Å². The molecule has 0 saturated carbocycles. The van der Waals surface area contributed by atoms with E-state index >= 15 is 0 Å². The Morgan fingerprint density at radius 2 is 1.79 bits per heavy atom. The number of benzene rings is 2. The van der Waals surface area contributed by atoms with Gasteiger partial charge in [-0.2, -0.15) is 5.10 Å². The number of carbonyl (C=O) groups is 2. The number of hydrogen-bond donors (Lipinski definition) is 2. The van der Waals surface area contributed by atoms with Gasteiger partial charge in [-0.1, -0.05) is 17.7 Å². The predicted octanol–water partition coefficient (Wildman–Crippen LogP) is 3.92. The van der Waals surface area contributed by atoms with Gasteiger partial charge < -0.3 is 14.8 Å². The fraction of sp³-hybridized carbons (Fsp3) is 0.286. The highest BCUT2D eigenvalue weighted by Crippen LogP contribution is 2.25. The van der Waals surface area contributed by atoms with E-state index in [4.69, 9.17) is 21.1 Å². The summed E-state index contributed by atoms with van der Waals surface area (Å²) in [5.41, 5.74) is 5.16. The van der Waals surface area contributed by atoms with Crippen molar-refractivity contribution in [2.75, 3.05) is 19.5 Å². The number of nitrogens with one attached hydrogen (secondary N) is 2. The van der Waals surface area contributed by atoms with Crippen LogP contribution in [0.4, 0.5) is 5.69 Å². The van der Waals surface area contributed by atoms with Crippen molar-refractivity contribution in [2.24, 2.45) is 5.10 Å². The summed E-state index contributed by atoms with van der Waals surface area (Å²) >= 11 is 6.04. The molecule has 0 saturated heterocycles. The van der Waals surface area contributed by atoms with Gasteiger partial charge in [0.15, 0.2) is 0 Å². The zero-order valence-electron chi connectivity index (χ0n) is 16.8. The first-order valence-electron chi connectivity index (χ1n) is 8.96. The molecule has 0 aliphatic rings. The molecule has 2 rings (SSSR count). The molecule has 154 valence electrons. The molecule has 0 aliphatic heterocycles. The maximum absolute atomic E-state index is 12.1. The summed E-state index contributed by atoms with van der Waals surface area (Å²) in [7, 11) is 3.11. The third-order valence-electron chi connectivity index (χ3n) is 4.27. The van der Waals surface area contributed by atoms with Crippen LogP contribution in [0.2, 0.25) is 5.02 Å². The Balaban J connectivity index is 1.90. The number of hydrazone groups is 1. The third-order valence-corrected chi connectivity index (χ3v) is 4.68. The van der Waals surface area contributed by atoms with Crippen molar-refractivity contribution in [2.45, 2.75) is 26.7 Å². The first kappa shape index (κ1) is 22.2. The summed E-state index contributed by atoms with van der Waals surface area (Å²) < 4.78 is 10.5. The topological polar surface area (TPSA) is 89.0 Å². The molecule has 0 unspecified atom stereocenters. The predicted molar refractivity (Wildman–Crippen MR) is 114 cm³/mol. The van der Waals surface area contributed by atoms with E-state index in [1.54, 1.807) is 57.5 Å². The van der Waals surface area contributed by atoms with Crippen LogP contribution in [0, 0.1) is 6.92 Å². The highest BCUT2D eigenvalue weighted by molar-refractivity contribution is 6.31. The van der Waals surface area contributed by atoms with Gasteiger partial charge in [0.1, 0.15) is 11.5 Å². The maximum atomic E-state index is 12.1. The minimum atomic E-state index is -0.366. The molecule has 0 aliphatic carbocycles. The van der Waals surface area contributed by atoms with E-state index in [0.29, 0.717) is 27.9 Å². The molecule has 2 amide bonds. The molecule has 0 atom stereocenters. The van der Waals surface area contributed by atoms with Gasteiger partial charge >= 0.3 is 0 Å². The van der Waals surface area contributed by atoms with Crippen molar-refractivity contribution < 1.29 is 19.1 Å². The van der Waals surface area contributed by atoms with E-state index in [1.807, 2.05) is 6.92 Å². The molecule has 0 spiro atoms. The lowest BCUT2D eigenvalue weighted by molar-refractivity contribution is -0.124. The lowest BCUT2D eigenvalue weighted by Crippen LogP contribution is -2.22. The van der Waals surface area contributed by atoms with Crippen LogP contribution >= 0.6 is 11.6 Å². The van der Waals surface area contributed by atoms with E-state index in [9.17, 15) is 9.59 Å². The summed E-state index contributed by atoms with van der Waals surface area (Å²) in [4.78, 5) is 24.1. The largest absolute Gasteiger partial charge is 0.497 e. The van der Waals surface area contributed by atoms with Crippen molar-refractivity contribution in [3.05, 3.63) is 52.5 Å². The summed E-state index contributed by atoms with van der Waals surface area (Å²) in [5, 5.41) is 7.42. The van der Waals surface area contributed by atoms with Gasteiger partial charge in [-0.3, -0.25) is 9.59 Å². The highest BCUT2D eigenvalue weighted by Gasteiger charge is 2.11. The van der Waals surface area contributed by atoms with Crippen molar-refractivity contribution in [3.8, 4) is 11.5 Å². The van der Waals surface area contributed by atoms with E-state index in [1.165, 1.54) is 0 Å². The zero-order valence-corrected chi connectivity index (χ0v) is 17.6. The summed E-state index contributed by atoms with van der Waals surface area (Å²) in [5.74, 6) is 0.595. The molecular weight excluding hydrogens is 394 g/mol. The average Bonchev–Trinajstić information content (AvgIpc) is 2.73. The average molecular weight is 418 g/mol. The Morgan fingerprint density at radius 3 is 2.48 bits per heavy atom. The molecule has 8 heteroatoms. The normalized spacial score (nSPS) is 11.0. The van der Waals surface area contributed by atoms with Gasteiger partial charge in [-0.15, -0.1) is 0 Å². The Bertz CT molecular complexity index is 928. The number of hydrogen-bond acceptors (Lipinski definition) is 5. The van der Waals surface area contributed by atoms with E-state index in [0.717, 1.165) is 11.1 Å². The lowest BCUT2D eigenvalue weighted by atomic mass is 10.1. The molecule has 2 N–H and O–H groups in total. The van der Waals surface area contributed by atoms with Gasteiger partial charge in [-0.05, 0) is 43.7 Å². The van der Waals surface area contributed by atoms with Crippen molar-refractivity contribution in [3.63, 3.8) is 0 Å². The first-order valence-corrected chi connectivity index (χ1v) is 9.34. The molecule has 29 heavy (non-hydrogen) atoms. The standard InChI is InChI=1S/C21H24ClN3O4/c1-13-17(22)6-5-7-18(13)23-20(26)10-11-21(27)25-24-14(2)16-9-8-15(28-3)12-19(16)29-4/h5-9,12H,10-11H2,1-4H3,(H,23,26)(H,25,27). The van der Waals surface area contributed by atoms with Gasteiger partial charge in [0.25, 0.3) is 0 Å². The van der Waals surface area contributed by atoms with Gasteiger partial charge in [0, 0.05) is 35.2 Å². The van der Waals surface area contributed by atoms with Crippen molar-refractivity contribution in [1.82, 2.24) is 5.43 Å². The molecule has 0 heterocycles. The number of methoxy groups -OCH3 is 2. The van der Waals surface area contributed by atoms with E-state index in [-0.39, 0.29) is 24.7 Å². The van der Waals surface area contributed by atoms with Crippen LogP contribution in [-0.2, 0) is 9.59 Å². The van der Waals surface area contributed by atoms with Crippen molar-refractivity contribution in [1.29, 1.82) is 0 Å². The van der Waals surface area contributed by atoms with Crippen LogP contribution < -0.4 is 20.2 Å². The summed E-state index contributed by atoms with van der Waals surface area (Å²) in [6, 6.07) is 10.6. The molecule has 7 nitrogen and oxygen atoms in total. The number of amides is 2. The zero-order chi connectivity index (χ0) is 21.4. The number of ether oxygens (including phenoxy) is 2. The lowest BCUT2D eigenvalue weighted by Gasteiger charge is -2.10. The fourth-order valence-electron chi connectivity index (χ4n) is 2.54. The fourth-order valence-corrected chi connectivity index (χ4v) is 2.72. The van der Waals surface area contributed by atoms with Gasteiger partial charge in [-0.25, -0.2) is 5.43 Å². The van der Waals surface area contributed by atoms with Crippen LogP contribution in [0.5, 0.6) is 11.5 Å². The Hall–Kier alpha value is -3.06. The van der Waals surface area contributed by atoms with Crippen LogP contribution in [0.15, 0.2) is 41.5 Å². The molecule has 0 radical (unpaired) electrons. The molecule has 0 fully saturated rings. The second-order valence-electron chi connectivity index (χ2n) is 6.26. The minimum Gasteiger partial charge on any atom is -0.497 e. The summed E-state index contributed by atoms with van der Waals surface area (Å²) in [6.07, 6.45) is 0.0280. The van der Waals surface area contributed by atoms with Crippen LogP contribution in [0.25, 0.3) is 0 Å². The number of nitrogens with zero attached hydrogens (tertiary/aromatic N) is 1. The molecule has 0 bridgehead atoms. The molecule has 2 aromatic carbocycles. The van der Waals surface area contributed by atoms with Crippen LogP contribution in [-0.4, -0.2) is 31.7 Å². The Kier molecular flexibility index (Phi) is 8.03. The van der Waals surface area contributed by atoms with E-state index < -0.39 is 0 Å². The second-order valence-corrected chi connectivity index (χ2v) is 6.67. The highest BCUT2D eigenvalue weighted by atomic mass is 35.5. The molecule has 2 aromatic rings. The first-order chi connectivity index (χ1) is 13.8. The Labute approximate surface area is 175 Å². The maximum Gasteiger partial charge on any atom is 0.240 e.